The van der Waals surface area contributed by atoms with Gasteiger partial charge in [-0.15, -0.1) is 0 Å². The molecule has 0 aliphatic carbocycles. The summed E-state index contributed by atoms with van der Waals surface area (Å²) in [6.45, 7) is 1.32. The van der Waals surface area contributed by atoms with Gasteiger partial charge >= 0.3 is 6.18 Å². The Labute approximate surface area is 220 Å². The molecule has 0 unspecified atom stereocenters. The first-order valence-corrected chi connectivity index (χ1v) is 13.9. The molecule has 200 valence electrons. The minimum absolute atomic E-state index is 0.115. The summed E-state index contributed by atoms with van der Waals surface area (Å²) in [7, 11) is -3.50. The van der Waals surface area contributed by atoms with Crippen molar-refractivity contribution in [2.75, 3.05) is 26.0 Å². The largest absolute Gasteiger partial charge is 0.494 e. The van der Waals surface area contributed by atoms with Crippen LogP contribution >= 0.6 is 11.6 Å². The lowest BCUT2D eigenvalue weighted by Gasteiger charge is -2.24. The fourth-order valence-electron chi connectivity index (χ4n) is 3.99. The van der Waals surface area contributed by atoms with E-state index in [2.05, 4.69) is 0 Å². The van der Waals surface area contributed by atoms with Crippen molar-refractivity contribution in [1.29, 1.82) is 0 Å². The van der Waals surface area contributed by atoms with Gasteiger partial charge in [-0.05, 0) is 47.7 Å². The Bertz CT molecular complexity index is 1280. The number of aliphatic hydroxyl groups is 1. The zero-order valence-corrected chi connectivity index (χ0v) is 21.9. The lowest BCUT2D eigenvalue weighted by molar-refractivity contribution is -0.137. The van der Waals surface area contributed by atoms with Gasteiger partial charge in [-0.2, -0.15) is 13.2 Å². The molecule has 0 fully saturated rings. The fraction of sp³-hybridized carbons (Fsp3) is 0.333. The Balaban J connectivity index is 1.70. The molecular formula is C27H29ClF3NO4S. The molecule has 3 aromatic carbocycles. The molecule has 0 heterocycles. The molecule has 0 bridgehead atoms. The Morgan fingerprint density at radius 3 is 2.35 bits per heavy atom. The maximum Gasteiger partial charge on any atom is 0.417 e. The topological polar surface area (TPSA) is 66.8 Å². The molecule has 0 radical (unpaired) electrons. The molecule has 3 rings (SSSR count). The maximum absolute atomic E-state index is 13.3. The van der Waals surface area contributed by atoms with Crippen molar-refractivity contribution in [1.82, 2.24) is 4.90 Å². The lowest BCUT2D eigenvalue weighted by Crippen LogP contribution is -2.25. The van der Waals surface area contributed by atoms with Gasteiger partial charge in [0, 0.05) is 32.5 Å². The summed E-state index contributed by atoms with van der Waals surface area (Å²) in [6, 6.07) is 18.2. The van der Waals surface area contributed by atoms with Crippen molar-refractivity contribution in [2.45, 2.75) is 37.0 Å². The van der Waals surface area contributed by atoms with E-state index in [0.717, 1.165) is 17.9 Å². The molecule has 10 heteroatoms. The van der Waals surface area contributed by atoms with Gasteiger partial charge in [-0.1, -0.05) is 60.1 Å². The third-order valence-electron chi connectivity index (χ3n) is 5.73. The Morgan fingerprint density at radius 1 is 0.973 bits per heavy atom. The van der Waals surface area contributed by atoms with Crippen LogP contribution in [-0.4, -0.2) is 44.4 Å². The quantitative estimate of drug-likeness (QED) is 0.287. The highest BCUT2D eigenvalue weighted by Gasteiger charge is 2.34. The summed E-state index contributed by atoms with van der Waals surface area (Å²) >= 11 is 6.13. The zero-order chi connectivity index (χ0) is 27.1. The van der Waals surface area contributed by atoms with E-state index >= 15 is 0 Å². The molecule has 0 aromatic heterocycles. The first kappa shape index (κ1) is 29.0. The number of halogens is 4. The van der Waals surface area contributed by atoms with E-state index < -0.39 is 21.6 Å². The first-order valence-electron chi connectivity index (χ1n) is 11.7. The van der Waals surface area contributed by atoms with E-state index in [1.165, 1.54) is 12.1 Å². The molecule has 0 amide bonds. The molecule has 0 atom stereocenters. The molecule has 0 aliphatic heterocycles. The first-order chi connectivity index (χ1) is 17.5. The molecule has 0 saturated heterocycles. The van der Waals surface area contributed by atoms with Gasteiger partial charge in [0.1, 0.15) is 5.75 Å². The van der Waals surface area contributed by atoms with Crippen molar-refractivity contribution in [3.8, 4) is 5.75 Å². The summed E-state index contributed by atoms with van der Waals surface area (Å²) < 4.78 is 70.0. The summed E-state index contributed by atoms with van der Waals surface area (Å²) in [5, 5.41) is 8.89. The third-order valence-corrected chi connectivity index (χ3v) is 7.36. The second-order valence-corrected chi connectivity index (χ2v) is 11.1. The number of hydrogen-bond acceptors (Lipinski definition) is 5. The SMILES string of the molecule is CS(=O)(=O)c1cc(OCCCN(Cc2ccccc2)Cc2cccc(C(F)(F)F)c2Cl)ccc1CCO. The minimum atomic E-state index is -4.54. The van der Waals surface area contributed by atoms with E-state index in [4.69, 9.17) is 16.3 Å². The van der Waals surface area contributed by atoms with Gasteiger partial charge in [0.2, 0.25) is 0 Å². The number of ether oxygens (including phenoxy) is 1. The van der Waals surface area contributed by atoms with E-state index in [0.29, 0.717) is 36.4 Å². The van der Waals surface area contributed by atoms with Gasteiger partial charge in [0.25, 0.3) is 0 Å². The van der Waals surface area contributed by atoms with Crippen LogP contribution in [0.5, 0.6) is 5.75 Å². The predicted octanol–water partition coefficient (Wildman–Crippen LogP) is 5.77. The van der Waals surface area contributed by atoms with Gasteiger partial charge < -0.3 is 9.84 Å². The van der Waals surface area contributed by atoms with E-state index in [1.54, 1.807) is 18.2 Å². The number of sulfone groups is 1. The highest BCUT2D eigenvalue weighted by Crippen LogP contribution is 2.36. The Kier molecular flexibility index (Phi) is 10.0. The van der Waals surface area contributed by atoms with Crippen LogP contribution < -0.4 is 4.74 Å². The van der Waals surface area contributed by atoms with Crippen LogP contribution in [0.2, 0.25) is 5.02 Å². The van der Waals surface area contributed by atoms with Crippen LogP contribution in [0.15, 0.2) is 71.6 Å². The lowest BCUT2D eigenvalue weighted by atomic mass is 10.1. The molecule has 1 N–H and O–H groups in total. The number of benzene rings is 3. The molecule has 0 aliphatic rings. The smallest absolute Gasteiger partial charge is 0.417 e. The van der Waals surface area contributed by atoms with E-state index in [1.807, 2.05) is 35.2 Å². The third kappa shape index (κ3) is 8.46. The highest BCUT2D eigenvalue weighted by molar-refractivity contribution is 7.90. The van der Waals surface area contributed by atoms with Crippen molar-refractivity contribution in [3.05, 3.63) is 94.0 Å². The van der Waals surface area contributed by atoms with Crippen molar-refractivity contribution in [3.63, 3.8) is 0 Å². The number of aliphatic hydroxyl groups excluding tert-OH is 1. The van der Waals surface area contributed by atoms with Crippen LogP contribution in [0.3, 0.4) is 0 Å². The molecule has 3 aromatic rings. The zero-order valence-electron chi connectivity index (χ0n) is 20.3. The Morgan fingerprint density at radius 2 is 1.70 bits per heavy atom. The summed E-state index contributed by atoms with van der Waals surface area (Å²) in [6.07, 6.45) is -2.68. The number of alkyl halides is 3. The summed E-state index contributed by atoms with van der Waals surface area (Å²) in [5.74, 6) is 0.387. The maximum atomic E-state index is 13.3. The summed E-state index contributed by atoms with van der Waals surface area (Å²) in [5.41, 5.74) is 1.04. The van der Waals surface area contributed by atoms with Gasteiger partial charge in [-0.25, -0.2) is 8.42 Å². The number of hydrogen-bond donors (Lipinski definition) is 1. The van der Waals surface area contributed by atoms with Gasteiger partial charge in [-0.3, -0.25) is 4.90 Å². The van der Waals surface area contributed by atoms with Crippen molar-refractivity contribution >= 4 is 21.4 Å². The van der Waals surface area contributed by atoms with Crippen molar-refractivity contribution < 1.29 is 31.4 Å². The van der Waals surface area contributed by atoms with Crippen LogP contribution in [0.1, 0.15) is 28.7 Å². The second kappa shape index (κ2) is 12.8. The van der Waals surface area contributed by atoms with Gasteiger partial charge in [0.15, 0.2) is 9.84 Å². The average Bonchev–Trinajstić information content (AvgIpc) is 2.83. The molecular weight excluding hydrogens is 527 g/mol. The van der Waals surface area contributed by atoms with Crippen LogP contribution in [-0.2, 0) is 35.5 Å². The standard InChI is InChI=1S/C27H29ClF3NO4S/c1-37(34,35)25-17-23(12-11-21(25)13-15-33)36-16-6-14-32(18-20-7-3-2-4-8-20)19-22-9-5-10-24(26(22)28)27(29,30)31/h2-5,7-12,17,33H,6,13-16,18-19H2,1H3. The van der Waals surface area contributed by atoms with Crippen LogP contribution in [0, 0.1) is 0 Å². The van der Waals surface area contributed by atoms with Gasteiger partial charge in [0.05, 0.1) is 22.1 Å². The van der Waals surface area contributed by atoms with E-state index in [9.17, 15) is 26.7 Å². The normalized spacial score (nSPS) is 12.2. The number of nitrogens with zero attached hydrogens (tertiary/aromatic N) is 1. The average molecular weight is 556 g/mol. The molecule has 5 nitrogen and oxygen atoms in total. The second-order valence-electron chi connectivity index (χ2n) is 8.69. The van der Waals surface area contributed by atoms with Crippen LogP contribution in [0.25, 0.3) is 0 Å². The highest BCUT2D eigenvalue weighted by atomic mass is 35.5. The monoisotopic (exact) mass is 555 g/mol. The Hall–Kier alpha value is -2.59. The predicted molar refractivity (Wildman–Crippen MR) is 137 cm³/mol. The molecule has 37 heavy (non-hydrogen) atoms. The van der Waals surface area contributed by atoms with Crippen LogP contribution in [0.4, 0.5) is 13.2 Å². The molecule has 0 spiro atoms. The fourth-order valence-corrected chi connectivity index (χ4v) is 5.26. The van der Waals surface area contributed by atoms with E-state index in [-0.39, 0.29) is 36.1 Å². The minimum Gasteiger partial charge on any atom is -0.494 e. The van der Waals surface area contributed by atoms with Crippen molar-refractivity contribution in [2.24, 2.45) is 0 Å². The molecule has 0 saturated carbocycles. The summed E-state index contributed by atoms with van der Waals surface area (Å²) in [4.78, 5) is 2.11. The number of rotatable bonds is 12.